The van der Waals surface area contributed by atoms with Crippen LogP contribution in [0.5, 0.6) is 0 Å². The molecule has 0 saturated heterocycles. The number of carboxylic acids is 1. The Labute approximate surface area is 102 Å². The Balaban J connectivity index is 2.35. The summed E-state index contributed by atoms with van der Waals surface area (Å²) < 4.78 is 0. The van der Waals surface area contributed by atoms with Crippen molar-refractivity contribution in [2.45, 2.75) is 45.1 Å². The van der Waals surface area contributed by atoms with Crippen molar-refractivity contribution in [2.75, 3.05) is 13.6 Å². The molecule has 1 unspecified atom stereocenters. The van der Waals surface area contributed by atoms with Crippen LogP contribution in [0.3, 0.4) is 0 Å². The highest BCUT2D eigenvalue weighted by molar-refractivity contribution is 5.75. The van der Waals surface area contributed by atoms with E-state index in [4.69, 9.17) is 5.11 Å². The van der Waals surface area contributed by atoms with E-state index in [-0.39, 0.29) is 18.5 Å². The lowest BCUT2D eigenvalue weighted by atomic mass is 10.1. The van der Waals surface area contributed by atoms with E-state index in [0.29, 0.717) is 12.3 Å². The van der Waals surface area contributed by atoms with Gasteiger partial charge in [-0.05, 0) is 25.2 Å². The Morgan fingerprint density at radius 3 is 2.59 bits per heavy atom. The normalized spacial score (nSPS) is 16.4. The fourth-order valence-corrected chi connectivity index (χ4v) is 1.84. The molecule has 5 nitrogen and oxygen atoms in total. The van der Waals surface area contributed by atoms with Crippen LogP contribution in [0.25, 0.3) is 0 Å². The zero-order chi connectivity index (χ0) is 12.8. The van der Waals surface area contributed by atoms with E-state index in [1.807, 2.05) is 6.92 Å². The van der Waals surface area contributed by atoms with Crippen molar-refractivity contribution in [1.82, 2.24) is 10.2 Å². The van der Waals surface area contributed by atoms with Gasteiger partial charge in [0.25, 0.3) is 0 Å². The van der Waals surface area contributed by atoms with Gasteiger partial charge in [-0.3, -0.25) is 4.79 Å². The number of amides is 2. The maximum atomic E-state index is 11.8. The van der Waals surface area contributed by atoms with Gasteiger partial charge in [0.2, 0.25) is 0 Å². The second kappa shape index (κ2) is 6.47. The summed E-state index contributed by atoms with van der Waals surface area (Å²) in [5.41, 5.74) is 0. The molecule has 2 amide bonds. The van der Waals surface area contributed by atoms with Crippen molar-refractivity contribution in [1.29, 1.82) is 0 Å². The van der Waals surface area contributed by atoms with Crippen LogP contribution in [0.4, 0.5) is 4.79 Å². The van der Waals surface area contributed by atoms with Crippen LogP contribution in [0.2, 0.25) is 0 Å². The molecule has 0 aromatic carbocycles. The molecule has 1 aliphatic carbocycles. The molecule has 5 heteroatoms. The monoisotopic (exact) mass is 242 g/mol. The molecule has 1 atom stereocenters. The fourth-order valence-electron chi connectivity index (χ4n) is 1.84. The lowest BCUT2D eigenvalue weighted by molar-refractivity contribution is -0.137. The molecular formula is C12H22N2O3. The van der Waals surface area contributed by atoms with Crippen LogP contribution in [0, 0.1) is 5.92 Å². The number of carboxylic acid groups (broad SMARTS) is 1. The molecular weight excluding hydrogens is 220 g/mol. The second-order valence-corrected chi connectivity index (χ2v) is 4.86. The number of rotatable bonds is 7. The predicted molar refractivity (Wildman–Crippen MR) is 64.8 cm³/mol. The van der Waals surface area contributed by atoms with Gasteiger partial charge >= 0.3 is 12.0 Å². The highest BCUT2D eigenvalue weighted by atomic mass is 16.4. The average molecular weight is 242 g/mol. The third-order valence-corrected chi connectivity index (χ3v) is 2.96. The number of carbonyl (C=O) groups excluding carboxylic acids is 1. The Morgan fingerprint density at radius 1 is 1.47 bits per heavy atom. The minimum Gasteiger partial charge on any atom is -0.481 e. The van der Waals surface area contributed by atoms with E-state index in [9.17, 15) is 9.59 Å². The van der Waals surface area contributed by atoms with Crippen LogP contribution in [-0.2, 0) is 4.79 Å². The molecule has 0 aromatic rings. The van der Waals surface area contributed by atoms with Gasteiger partial charge in [0.1, 0.15) is 0 Å². The van der Waals surface area contributed by atoms with Crippen LogP contribution in [-0.4, -0.2) is 41.6 Å². The van der Waals surface area contributed by atoms with Gasteiger partial charge in [0, 0.05) is 19.6 Å². The van der Waals surface area contributed by atoms with Gasteiger partial charge < -0.3 is 15.3 Å². The Hall–Kier alpha value is -1.26. The zero-order valence-corrected chi connectivity index (χ0v) is 10.6. The summed E-state index contributed by atoms with van der Waals surface area (Å²) in [5, 5.41) is 11.5. The number of urea groups is 1. The maximum Gasteiger partial charge on any atom is 0.317 e. The van der Waals surface area contributed by atoms with Gasteiger partial charge in [0.05, 0.1) is 6.42 Å². The molecule has 0 aromatic heterocycles. The number of nitrogens with zero attached hydrogens (tertiary/aromatic N) is 1. The number of hydrogen-bond acceptors (Lipinski definition) is 2. The predicted octanol–water partition coefficient (Wildman–Crippen LogP) is 1.68. The summed E-state index contributed by atoms with van der Waals surface area (Å²) in [6.45, 7) is 2.76. The second-order valence-electron chi connectivity index (χ2n) is 4.86. The third-order valence-electron chi connectivity index (χ3n) is 2.96. The molecule has 1 rings (SSSR count). The first-order chi connectivity index (χ1) is 8.02. The number of aliphatic carboxylic acids is 1. The number of hydrogen-bond donors (Lipinski definition) is 2. The Morgan fingerprint density at radius 2 is 2.12 bits per heavy atom. The zero-order valence-electron chi connectivity index (χ0n) is 10.6. The maximum absolute atomic E-state index is 11.8. The topological polar surface area (TPSA) is 69.6 Å². The molecule has 1 fully saturated rings. The minimum atomic E-state index is -0.867. The molecule has 0 heterocycles. The van der Waals surface area contributed by atoms with Crippen LogP contribution >= 0.6 is 0 Å². The van der Waals surface area contributed by atoms with Gasteiger partial charge in [-0.25, -0.2) is 4.79 Å². The molecule has 1 saturated carbocycles. The smallest absolute Gasteiger partial charge is 0.317 e. The summed E-state index contributed by atoms with van der Waals surface area (Å²) in [6, 6.07) is -0.414. The van der Waals surface area contributed by atoms with Crippen molar-refractivity contribution in [2.24, 2.45) is 5.92 Å². The largest absolute Gasteiger partial charge is 0.481 e. The molecule has 2 N–H and O–H groups in total. The highest BCUT2D eigenvalue weighted by Gasteiger charge is 2.25. The standard InChI is InChI=1S/C12H22N2O3/c1-3-4-10(7-11(15)16)13-12(17)14(2)8-9-5-6-9/h9-10H,3-8H2,1-2H3,(H,13,17)(H,15,16). The van der Waals surface area contributed by atoms with Crippen molar-refractivity contribution in [3.63, 3.8) is 0 Å². The molecule has 17 heavy (non-hydrogen) atoms. The molecule has 0 aliphatic heterocycles. The SMILES string of the molecule is CCCC(CC(=O)O)NC(=O)N(C)CC1CC1. The summed E-state index contributed by atoms with van der Waals surface area (Å²) >= 11 is 0. The summed E-state index contributed by atoms with van der Waals surface area (Å²) in [5.74, 6) is -0.219. The summed E-state index contributed by atoms with van der Waals surface area (Å²) in [6.07, 6.45) is 3.97. The Kier molecular flexibility index (Phi) is 5.25. The van der Waals surface area contributed by atoms with E-state index < -0.39 is 5.97 Å². The van der Waals surface area contributed by atoms with Crippen LogP contribution in [0.15, 0.2) is 0 Å². The molecule has 0 radical (unpaired) electrons. The van der Waals surface area contributed by atoms with E-state index >= 15 is 0 Å². The highest BCUT2D eigenvalue weighted by Crippen LogP contribution is 2.29. The van der Waals surface area contributed by atoms with E-state index in [0.717, 1.165) is 13.0 Å². The van der Waals surface area contributed by atoms with Crippen molar-refractivity contribution < 1.29 is 14.7 Å². The minimum absolute atomic E-state index is 0.00313. The van der Waals surface area contributed by atoms with Crippen LogP contribution < -0.4 is 5.32 Å². The Bertz CT molecular complexity index is 277. The van der Waals surface area contributed by atoms with Gasteiger partial charge in [-0.1, -0.05) is 13.3 Å². The first kappa shape index (κ1) is 13.8. The molecule has 0 bridgehead atoms. The quantitative estimate of drug-likeness (QED) is 0.713. The first-order valence-corrected chi connectivity index (χ1v) is 6.26. The third kappa shape index (κ3) is 5.56. The molecule has 1 aliphatic rings. The number of nitrogens with one attached hydrogen (secondary N) is 1. The summed E-state index contributed by atoms with van der Waals surface area (Å²) in [7, 11) is 1.76. The lowest BCUT2D eigenvalue weighted by Crippen LogP contribution is -2.44. The van der Waals surface area contributed by atoms with Gasteiger partial charge in [-0.15, -0.1) is 0 Å². The van der Waals surface area contributed by atoms with Crippen molar-refractivity contribution in [3.8, 4) is 0 Å². The van der Waals surface area contributed by atoms with Crippen molar-refractivity contribution in [3.05, 3.63) is 0 Å². The first-order valence-electron chi connectivity index (χ1n) is 6.26. The average Bonchev–Trinajstić information content (AvgIpc) is 3.00. The van der Waals surface area contributed by atoms with E-state index in [1.165, 1.54) is 12.8 Å². The van der Waals surface area contributed by atoms with Gasteiger partial charge in [0.15, 0.2) is 0 Å². The van der Waals surface area contributed by atoms with Crippen LogP contribution in [0.1, 0.15) is 39.0 Å². The number of carbonyl (C=O) groups is 2. The van der Waals surface area contributed by atoms with Crippen molar-refractivity contribution >= 4 is 12.0 Å². The van der Waals surface area contributed by atoms with E-state index in [2.05, 4.69) is 5.32 Å². The molecule has 98 valence electrons. The van der Waals surface area contributed by atoms with Gasteiger partial charge in [-0.2, -0.15) is 0 Å². The molecule has 0 spiro atoms. The lowest BCUT2D eigenvalue weighted by Gasteiger charge is -2.22. The summed E-state index contributed by atoms with van der Waals surface area (Å²) in [4.78, 5) is 24.1. The van der Waals surface area contributed by atoms with E-state index in [1.54, 1.807) is 11.9 Å². The fraction of sp³-hybridized carbons (Fsp3) is 0.833.